The standard InChI is InChI=1S/C25H30N2O3/c1-30-19-8-4-7-17(13-19)18-9-10-22-21(14-18)24-20(23(15-28)26-22)11-12-27(24)25(29)16-5-2-3-6-16/h4,7-10,13-14,16,20,23-24,26,28H,2-3,5-6,11-12,15H2,1H3/t20-,23-,24-/m1/s1. The molecule has 0 aromatic heterocycles. The van der Waals surface area contributed by atoms with Crippen molar-refractivity contribution < 1.29 is 14.6 Å². The van der Waals surface area contributed by atoms with Crippen LogP contribution in [0.25, 0.3) is 11.1 Å². The fraction of sp³-hybridized carbons (Fsp3) is 0.480. The Balaban J connectivity index is 1.54. The molecule has 3 aliphatic rings. The third kappa shape index (κ3) is 3.25. The maximum absolute atomic E-state index is 13.4. The summed E-state index contributed by atoms with van der Waals surface area (Å²) in [7, 11) is 1.68. The summed E-state index contributed by atoms with van der Waals surface area (Å²) in [5.41, 5.74) is 4.43. The van der Waals surface area contributed by atoms with E-state index in [0.717, 1.165) is 61.2 Å². The lowest BCUT2D eigenvalue weighted by Gasteiger charge is -2.40. The number of nitrogens with one attached hydrogen (secondary N) is 1. The fourth-order valence-corrected chi connectivity index (χ4v) is 5.70. The molecule has 30 heavy (non-hydrogen) atoms. The Morgan fingerprint density at radius 3 is 2.70 bits per heavy atom. The van der Waals surface area contributed by atoms with Gasteiger partial charge in [0.25, 0.3) is 0 Å². The first-order chi connectivity index (χ1) is 14.7. The predicted octanol–water partition coefficient (Wildman–Crippen LogP) is 4.23. The first-order valence-electron chi connectivity index (χ1n) is 11.2. The molecule has 2 heterocycles. The zero-order valence-electron chi connectivity index (χ0n) is 17.5. The number of hydrogen-bond acceptors (Lipinski definition) is 4. The van der Waals surface area contributed by atoms with Gasteiger partial charge in [0.05, 0.1) is 25.8 Å². The first kappa shape index (κ1) is 19.4. The number of amides is 1. The van der Waals surface area contributed by atoms with E-state index < -0.39 is 0 Å². The molecule has 1 aliphatic carbocycles. The predicted molar refractivity (Wildman–Crippen MR) is 117 cm³/mol. The van der Waals surface area contributed by atoms with Crippen LogP contribution >= 0.6 is 0 Å². The monoisotopic (exact) mass is 406 g/mol. The molecule has 3 atom stereocenters. The van der Waals surface area contributed by atoms with Gasteiger partial charge in [-0.3, -0.25) is 4.79 Å². The molecule has 2 aliphatic heterocycles. The minimum Gasteiger partial charge on any atom is -0.497 e. The topological polar surface area (TPSA) is 61.8 Å². The van der Waals surface area contributed by atoms with Crippen LogP contribution in [0.3, 0.4) is 0 Å². The molecule has 5 nitrogen and oxygen atoms in total. The lowest BCUT2D eigenvalue weighted by atomic mass is 9.82. The summed E-state index contributed by atoms with van der Waals surface area (Å²) in [6, 6.07) is 14.5. The highest BCUT2D eigenvalue weighted by Crippen LogP contribution is 2.48. The summed E-state index contributed by atoms with van der Waals surface area (Å²) in [5, 5.41) is 13.5. The Hall–Kier alpha value is -2.53. The highest BCUT2D eigenvalue weighted by atomic mass is 16.5. The van der Waals surface area contributed by atoms with Crippen LogP contribution in [-0.2, 0) is 4.79 Å². The average molecular weight is 407 g/mol. The number of fused-ring (bicyclic) bond motifs is 3. The van der Waals surface area contributed by atoms with E-state index in [-0.39, 0.29) is 30.5 Å². The maximum atomic E-state index is 13.4. The molecule has 1 saturated carbocycles. The molecule has 0 spiro atoms. The molecule has 1 saturated heterocycles. The van der Waals surface area contributed by atoms with Crippen LogP contribution < -0.4 is 10.1 Å². The maximum Gasteiger partial charge on any atom is 0.226 e. The van der Waals surface area contributed by atoms with Crippen LogP contribution in [0.2, 0.25) is 0 Å². The van der Waals surface area contributed by atoms with Crippen LogP contribution in [0.4, 0.5) is 5.69 Å². The molecule has 0 bridgehead atoms. The van der Waals surface area contributed by atoms with Gasteiger partial charge in [-0.25, -0.2) is 0 Å². The van der Waals surface area contributed by atoms with Gasteiger partial charge in [0.2, 0.25) is 5.91 Å². The molecule has 2 N–H and O–H groups in total. The molecular weight excluding hydrogens is 376 g/mol. The van der Waals surface area contributed by atoms with Gasteiger partial charge in [-0.1, -0.05) is 31.0 Å². The second-order valence-electron chi connectivity index (χ2n) is 8.88. The summed E-state index contributed by atoms with van der Waals surface area (Å²) in [6.07, 6.45) is 5.30. The van der Waals surface area contributed by atoms with Crippen molar-refractivity contribution in [2.45, 2.75) is 44.2 Å². The number of hydrogen-bond donors (Lipinski definition) is 2. The Labute approximate surface area is 178 Å². The van der Waals surface area contributed by atoms with Crippen molar-refractivity contribution in [3.8, 4) is 16.9 Å². The van der Waals surface area contributed by atoms with Crippen LogP contribution in [-0.4, -0.2) is 42.2 Å². The highest BCUT2D eigenvalue weighted by molar-refractivity contribution is 5.81. The van der Waals surface area contributed by atoms with Crippen molar-refractivity contribution >= 4 is 11.6 Å². The summed E-state index contributed by atoms with van der Waals surface area (Å²) in [6.45, 7) is 0.870. The van der Waals surface area contributed by atoms with E-state index in [2.05, 4.69) is 34.5 Å². The Morgan fingerprint density at radius 2 is 1.93 bits per heavy atom. The number of benzene rings is 2. The van der Waals surface area contributed by atoms with E-state index in [0.29, 0.717) is 5.91 Å². The van der Waals surface area contributed by atoms with E-state index in [1.807, 2.05) is 18.2 Å². The Morgan fingerprint density at radius 1 is 1.13 bits per heavy atom. The number of carbonyl (C=O) groups excluding carboxylic acids is 1. The average Bonchev–Trinajstić information content (AvgIpc) is 3.48. The van der Waals surface area contributed by atoms with Crippen molar-refractivity contribution in [2.24, 2.45) is 11.8 Å². The number of likely N-dealkylation sites (tertiary alicyclic amines) is 1. The van der Waals surface area contributed by atoms with Crippen molar-refractivity contribution in [1.29, 1.82) is 0 Å². The van der Waals surface area contributed by atoms with Gasteiger partial charge in [0.15, 0.2) is 0 Å². The second-order valence-corrected chi connectivity index (χ2v) is 8.88. The lowest BCUT2D eigenvalue weighted by molar-refractivity contribution is -0.136. The molecule has 1 amide bonds. The molecule has 2 aromatic rings. The van der Waals surface area contributed by atoms with Crippen molar-refractivity contribution in [3.05, 3.63) is 48.0 Å². The normalized spacial score (nSPS) is 25.5. The van der Waals surface area contributed by atoms with Crippen LogP contribution in [0.5, 0.6) is 5.75 Å². The zero-order valence-corrected chi connectivity index (χ0v) is 17.5. The molecule has 5 rings (SSSR count). The molecule has 5 heteroatoms. The van der Waals surface area contributed by atoms with E-state index in [4.69, 9.17) is 4.74 Å². The van der Waals surface area contributed by atoms with Gasteiger partial charge in [-0.2, -0.15) is 0 Å². The number of ether oxygens (including phenoxy) is 1. The number of aliphatic hydroxyl groups excluding tert-OH is 1. The fourth-order valence-electron chi connectivity index (χ4n) is 5.70. The second kappa shape index (κ2) is 7.95. The molecule has 158 valence electrons. The third-order valence-electron chi connectivity index (χ3n) is 7.26. The third-order valence-corrected chi connectivity index (χ3v) is 7.26. The molecule has 0 radical (unpaired) electrons. The molecular formula is C25H30N2O3. The first-order valence-corrected chi connectivity index (χ1v) is 11.2. The van der Waals surface area contributed by atoms with Gasteiger partial charge in [-0.15, -0.1) is 0 Å². The SMILES string of the molecule is COc1cccc(-c2ccc3c(c2)[C@H]2[C@H](CCN2C(=O)C2CCCC2)[C@@H](CO)N3)c1. The van der Waals surface area contributed by atoms with E-state index in [9.17, 15) is 9.90 Å². The van der Waals surface area contributed by atoms with Crippen LogP contribution in [0.15, 0.2) is 42.5 Å². The van der Waals surface area contributed by atoms with Crippen molar-refractivity contribution in [1.82, 2.24) is 4.90 Å². The van der Waals surface area contributed by atoms with Crippen molar-refractivity contribution in [2.75, 3.05) is 25.6 Å². The molecule has 0 unspecified atom stereocenters. The van der Waals surface area contributed by atoms with E-state index in [1.54, 1.807) is 7.11 Å². The van der Waals surface area contributed by atoms with Gasteiger partial charge in [0, 0.05) is 24.1 Å². The van der Waals surface area contributed by atoms with Gasteiger partial charge in [0.1, 0.15) is 5.75 Å². The minimum absolute atomic E-state index is 0.00783. The lowest BCUT2D eigenvalue weighted by Crippen LogP contribution is -2.44. The number of rotatable bonds is 4. The minimum atomic E-state index is -0.00783. The largest absolute Gasteiger partial charge is 0.497 e. The van der Waals surface area contributed by atoms with Gasteiger partial charge >= 0.3 is 0 Å². The van der Waals surface area contributed by atoms with Crippen molar-refractivity contribution in [3.63, 3.8) is 0 Å². The van der Waals surface area contributed by atoms with Crippen LogP contribution in [0, 0.1) is 11.8 Å². The van der Waals surface area contributed by atoms with E-state index >= 15 is 0 Å². The number of anilines is 1. The summed E-state index contributed by atoms with van der Waals surface area (Å²) in [5.74, 6) is 1.57. The number of carbonyl (C=O) groups is 1. The van der Waals surface area contributed by atoms with Crippen LogP contribution in [0.1, 0.15) is 43.7 Å². The number of nitrogens with zero attached hydrogens (tertiary/aromatic N) is 1. The highest BCUT2D eigenvalue weighted by Gasteiger charge is 2.47. The summed E-state index contributed by atoms with van der Waals surface area (Å²) in [4.78, 5) is 15.5. The van der Waals surface area contributed by atoms with Gasteiger partial charge < -0.3 is 20.1 Å². The zero-order chi connectivity index (χ0) is 20.7. The number of aliphatic hydroxyl groups is 1. The summed E-state index contributed by atoms with van der Waals surface area (Å²) >= 11 is 0. The quantitative estimate of drug-likeness (QED) is 0.798. The number of methoxy groups -OCH3 is 1. The smallest absolute Gasteiger partial charge is 0.226 e. The molecule has 2 aromatic carbocycles. The Bertz CT molecular complexity index is 938. The van der Waals surface area contributed by atoms with E-state index in [1.165, 1.54) is 5.56 Å². The Kier molecular flexibility index (Phi) is 5.15. The molecule has 2 fully saturated rings. The summed E-state index contributed by atoms with van der Waals surface area (Å²) < 4.78 is 5.40. The van der Waals surface area contributed by atoms with Gasteiger partial charge in [-0.05, 0) is 60.2 Å².